The lowest BCUT2D eigenvalue weighted by molar-refractivity contribution is -0.134. The van der Waals surface area contributed by atoms with Crippen LogP contribution in [0.15, 0.2) is 48.8 Å². The van der Waals surface area contributed by atoms with Crippen molar-refractivity contribution in [3.05, 3.63) is 71.6 Å². The number of carbonyl (C=O) groups excluding carboxylic acids is 1. The third-order valence-electron chi connectivity index (χ3n) is 10.4. The Labute approximate surface area is 266 Å². The van der Waals surface area contributed by atoms with Crippen molar-refractivity contribution >= 4 is 5.91 Å². The summed E-state index contributed by atoms with van der Waals surface area (Å²) in [4.78, 5) is 34.1. The minimum absolute atomic E-state index is 0.00656. The molecule has 9 nitrogen and oxygen atoms in total. The molecule has 2 fully saturated rings. The quantitative estimate of drug-likeness (QED) is 0.188. The van der Waals surface area contributed by atoms with Crippen LogP contribution in [0.25, 0.3) is 33.6 Å². The van der Waals surface area contributed by atoms with Gasteiger partial charge in [-0.25, -0.2) is 9.97 Å². The van der Waals surface area contributed by atoms with Gasteiger partial charge in [-0.3, -0.25) is 9.69 Å². The molecule has 3 aliphatic heterocycles. The normalized spacial score (nSPS) is 24.0. The number of rotatable bonds is 8. The van der Waals surface area contributed by atoms with E-state index in [1.165, 1.54) is 34.2 Å². The fraction of sp³-hybridized carbons (Fsp3) is 0.472. The van der Waals surface area contributed by atoms with Crippen LogP contribution in [0.2, 0.25) is 0 Å². The molecule has 0 radical (unpaired) electrons. The minimum atomic E-state index is -0.204. The Kier molecular flexibility index (Phi) is 8.10. The first-order valence-corrected chi connectivity index (χ1v) is 16.7. The van der Waals surface area contributed by atoms with Gasteiger partial charge < -0.3 is 25.5 Å². The van der Waals surface area contributed by atoms with E-state index >= 15 is 0 Å². The summed E-state index contributed by atoms with van der Waals surface area (Å²) < 4.78 is 0. The summed E-state index contributed by atoms with van der Waals surface area (Å²) >= 11 is 0. The van der Waals surface area contributed by atoms with Crippen molar-refractivity contribution in [2.24, 2.45) is 0 Å². The molecule has 5 heterocycles. The molecular formula is C36H46N8O. The van der Waals surface area contributed by atoms with Crippen LogP contribution in [0.4, 0.5) is 0 Å². The average molecular weight is 607 g/mol. The van der Waals surface area contributed by atoms with E-state index in [9.17, 15) is 4.79 Å². The van der Waals surface area contributed by atoms with Crippen molar-refractivity contribution in [3.8, 4) is 33.6 Å². The zero-order chi connectivity index (χ0) is 31.2. The van der Waals surface area contributed by atoms with Gasteiger partial charge in [-0.15, -0.1) is 0 Å². The van der Waals surface area contributed by atoms with Crippen LogP contribution in [0.1, 0.15) is 99.8 Å². The SMILES string of the molecule is CCC1NC(C)c2c(-c3cnc(C4CCCN4C)[nH]3)ccc(-c3ccc(-c4cnc(C5CCCN5C(=O)C(C)NC)[nH]4)cc3)c21. The summed E-state index contributed by atoms with van der Waals surface area (Å²) in [7, 11) is 4.02. The number of aromatic nitrogens is 4. The molecule has 2 aromatic carbocycles. The maximum Gasteiger partial charge on any atom is 0.240 e. The van der Waals surface area contributed by atoms with Crippen LogP contribution < -0.4 is 10.6 Å². The number of benzene rings is 2. The van der Waals surface area contributed by atoms with Crippen LogP contribution in [0, 0.1) is 0 Å². The highest BCUT2D eigenvalue weighted by molar-refractivity contribution is 5.82. The second-order valence-corrected chi connectivity index (χ2v) is 13.1. The van der Waals surface area contributed by atoms with Gasteiger partial charge in [0.1, 0.15) is 11.6 Å². The largest absolute Gasteiger partial charge is 0.341 e. The molecule has 0 saturated carbocycles. The molecule has 2 saturated heterocycles. The Bertz CT molecular complexity index is 1670. The number of imidazole rings is 2. The minimum Gasteiger partial charge on any atom is -0.341 e. The number of hydrogen-bond acceptors (Lipinski definition) is 6. The summed E-state index contributed by atoms with van der Waals surface area (Å²) in [5, 5.41) is 6.94. The topological polar surface area (TPSA) is 105 Å². The summed E-state index contributed by atoms with van der Waals surface area (Å²) in [6.07, 6.45) is 9.25. The fourth-order valence-electron chi connectivity index (χ4n) is 7.82. The maximum absolute atomic E-state index is 12.9. The molecule has 45 heavy (non-hydrogen) atoms. The average Bonchev–Trinajstić information content (AvgIpc) is 3.90. The van der Waals surface area contributed by atoms with Gasteiger partial charge in [0.05, 0.1) is 41.9 Å². The van der Waals surface area contributed by atoms with Crippen molar-refractivity contribution in [2.45, 2.75) is 83.1 Å². The number of carbonyl (C=O) groups is 1. The monoisotopic (exact) mass is 606 g/mol. The van der Waals surface area contributed by atoms with Crippen LogP contribution in [-0.4, -0.2) is 68.9 Å². The molecule has 7 rings (SSSR count). The van der Waals surface area contributed by atoms with Gasteiger partial charge in [0.2, 0.25) is 5.91 Å². The Morgan fingerprint density at radius 2 is 1.56 bits per heavy atom. The second-order valence-electron chi connectivity index (χ2n) is 13.1. The number of fused-ring (bicyclic) bond motifs is 1. The maximum atomic E-state index is 12.9. The van der Waals surface area contributed by atoms with Gasteiger partial charge >= 0.3 is 0 Å². The van der Waals surface area contributed by atoms with Gasteiger partial charge in [0, 0.05) is 24.2 Å². The van der Waals surface area contributed by atoms with Gasteiger partial charge in [-0.1, -0.05) is 43.3 Å². The highest BCUT2D eigenvalue weighted by Crippen LogP contribution is 2.46. The predicted molar refractivity (Wildman–Crippen MR) is 178 cm³/mol. The van der Waals surface area contributed by atoms with Crippen LogP contribution in [-0.2, 0) is 4.79 Å². The number of aromatic amines is 2. The number of nitrogens with zero attached hydrogens (tertiary/aromatic N) is 4. The molecule has 4 aromatic rings. The summed E-state index contributed by atoms with van der Waals surface area (Å²) in [5.41, 5.74) is 9.68. The van der Waals surface area contributed by atoms with Crippen molar-refractivity contribution < 1.29 is 4.79 Å². The van der Waals surface area contributed by atoms with E-state index in [1.807, 2.05) is 31.3 Å². The predicted octanol–water partition coefficient (Wildman–Crippen LogP) is 6.29. The molecule has 0 aliphatic carbocycles. The number of nitrogens with one attached hydrogen (secondary N) is 4. The first-order valence-electron chi connectivity index (χ1n) is 16.7. The van der Waals surface area contributed by atoms with Crippen molar-refractivity contribution in [1.82, 2.24) is 40.4 Å². The first-order chi connectivity index (χ1) is 21.9. The highest BCUT2D eigenvalue weighted by Gasteiger charge is 2.35. The Balaban J connectivity index is 1.17. The lowest BCUT2D eigenvalue weighted by Gasteiger charge is -2.26. The fourth-order valence-corrected chi connectivity index (χ4v) is 7.82. The van der Waals surface area contributed by atoms with Crippen LogP contribution in [0.5, 0.6) is 0 Å². The van der Waals surface area contributed by atoms with Crippen LogP contribution >= 0.6 is 0 Å². The summed E-state index contributed by atoms with van der Waals surface area (Å²) in [5.74, 6) is 2.07. The van der Waals surface area contributed by atoms with E-state index in [0.29, 0.717) is 12.1 Å². The van der Waals surface area contributed by atoms with E-state index in [-0.39, 0.29) is 24.0 Å². The number of H-pyrrole nitrogens is 2. The van der Waals surface area contributed by atoms with E-state index < -0.39 is 0 Å². The van der Waals surface area contributed by atoms with Crippen molar-refractivity contribution in [3.63, 3.8) is 0 Å². The molecule has 5 atom stereocenters. The number of likely N-dealkylation sites (N-methyl/N-ethyl adjacent to an activating group) is 1. The molecule has 0 spiro atoms. The molecule has 0 bridgehead atoms. The molecule has 5 unspecified atom stereocenters. The zero-order valence-corrected chi connectivity index (χ0v) is 27.2. The number of hydrogen-bond donors (Lipinski definition) is 4. The Morgan fingerprint density at radius 1 is 0.911 bits per heavy atom. The van der Waals surface area contributed by atoms with Crippen molar-refractivity contribution in [2.75, 3.05) is 27.2 Å². The molecule has 4 N–H and O–H groups in total. The Morgan fingerprint density at radius 3 is 2.27 bits per heavy atom. The van der Waals surface area contributed by atoms with E-state index in [0.717, 1.165) is 67.4 Å². The van der Waals surface area contributed by atoms with Gasteiger partial charge in [-0.2, -0.15) is 0 Å². The van der Waals surface area contributed by atoms with Gasteiger partial charge in [0.25, 0.3) is 0 Å². The third kappa shape index (κ3) is 5.30. The molecular weight excluding hydrogens is 560 g/mol. The standard InChI is InChI=1S/C36H46N8O/c1-6-27-33-25(15-16-26(32(33)21(2)40-27)29-20-39-34(42-29)30-9-7-17-43(30)5)23-11-13-24(14-12-23)28-19-38-35(41-28)31-10-8-18-44(31)36(45)22(3)37-4/h11-16,19-22,27,30-31,37,40H,6-10,17-18H2,1-5H3,(H,38,41)(H,39,42). The Hall–Kier alpha value is -3.79. The first kappa shape index (κ1) is 29.9. The molecule has 3 aliphatic rings. The van der Waals surface area contributed by atoms with E-state index in [2.05, 4.69) is 82.8 Å². The number of likely N-dealkylation sites (tertiary alicyclic amines) is 2. The van der Waals surface area contributed by atoms with Crippen LogP contribution in [0.3, 0.4) is 0 Å². The summed E-state index contributed by atoms with van der Waals surface area (Å²) in [6, 6.07) is 14.1. The zero-order valence-electron chi connectivity index (χ0n) is 27.2. The van der Waals surface area contributed by atoms with Crippen molar-refractivity contribution in [1.29, 1.82) is 0 Å². The third-order valence-corrected chi connectivity index (χ3v) is 10.4. The van der Waals surface area contributed by atoms with Gasteiger partial charge in [0.15, 0.2) is 0 Å². The van der Waals surface area contributed by atoms with E-state index in [1.54, 1.807) is 0 Å². The molecule has 1 amide bonds. The number of amides is 1. The highest BCUT2D eigenvalue weighted by atomic mass is 16.2. The van der Waals surface area contributed by atoms with Gasteiger partial charge in [-0.05, 0) is 94.4 Å². The lowest BCUT2D eigenvalue weighted by atomic mass is 9.87. The molecule has 9 heteroatoms. The second kappa shape index (κ2) is 12.2. The smallest absolute Gasteiger partial charge is 0.240 e. The lowest BCUT2D eigenvalue weighted by Crippen LogP contribution is -2.43. The summed E-state index contributed by atoms with van der Waals surface area (Å²) in [6.45, 7) is 8.35. The molecule has 236 valence electrons. The van der Waals surface area contributed by atoms with E-state index in [4.69, 9.17) is 9.97 Å². The molecule has 2 aromatic heterocycles.